The summed E-state index contributed by atoms with van der Waals surface area (Å²) in [6, 6.07) is 29.3. The third-order valence-corrected chi connectivity index (χ3v) is 10.3. The molecule has 6 N–H and O–H groups in total. The molecule has 2 saturated heterocycles. The first kappa shape index (κ1) is 33.4. The van der Waals surface area contributed by atoms with E-state index in [1.54, 1.807) is 22.4 Å². The molecular formula is C40H44N10O2. The molecule has 8 rings (SSSR count). The summed E-state index contributed by atoms with van der Waals surface area (Å²) >= 11 is 0. The van der Waals surface area contributed by atoms with Crippen LogP contribution in [-0.2, 0) is 0 Å². The number of fused-ring (bicyclic) bond motifs is 2. The van der Waals surface area contributed by atoms with Crippen molar-refractivity contribution in [3.8, 4) is 0 Å². The Bertz CT molecular complexity index is 1950. The smallest absolute Gasteiger partial charge is 0.312 e. The zero-order valence-electron chi connectivity index (χ0n) is 29.0. The SMILES string of the molecule is O=C(Nc1ccc2[nH]ncc2c1)N(C(c1ccccc1)[C@@H]1CCCCN1)N(C(=O)Nc1ccc2[nH]ncc2c1)C(c1ccccc1)[C@H]1CCCCN1. The number of anilines is 2. The second-order valence-corrected chi connectivity index (χ2v) is 13.7. The van der Waals surface area contributed by atoms with Crippen LogP contribution in [0.5, 0.6) is 0 Å². The summed E-state index contributed by atoms with van der Waals surface area (Å²) < 4.78 is 0. The van der Waals surface area contributed by atoms with E-state index in [2.05, 4.69) is 65.9 Å². The maximum atomic E-state index is 15.3. The van der Waals surface area contributed by atoms with Gasteiger partial charge >= 0.3 is 12.1 Å². The average molecular weight is 697 g/mol. The Kier molecular flexibility index (Phi) is 9.81. The van der Waals surface area contributed by atoms with Crippen LogP contribution in [0.2, 0.25) is 0 Å². The van der Waals surface area contributed by atoms with Crippen LogP contribution < -0.4 is 21.3 Å². The second-order valence-electron chi connectivity index (χ2n) is 13.7. The molecule has 0 saturated carbocycles. The normalized spacial score (nSPS) is 18.8. The van der Waals surface area contributed by atoms with Gasteiger partial charge in [-0.15, -0.1) is 0 Å². The van der Waals surface area contributed by atoms with E-state index in [1.165, 1.54) is 0 Å². The minimum absolute atomic E-state index is 0.119. The maximum Gasteiger partial charge on any atom is 0.341 e. The number of aromatic nitrogens is 4. The molecule has 4 atom stereocenters. The zero-order chi connectivity index (χ0) is 35.3. The number of H-pyrrole nitrogens is 2. The van der Waals surface area contributed by atoms with Crippen molar-refractivity contribution >= 4 is 45.2 Å². The standard InChI is InChI=1S/C40H44N10O2/c51-39(45-31-17-19-33-29(23-31)25-43-47-33)49(37(27-11-3-1-4-12-27)35-15-7-9-21-41-35)50(40(52)46-32-18-20-34-30(24-32)26-44-48-34)38(28-13-5-2-6-14-28)36-16-8-10-22-42-36/h1-6,11-14,17-20,23-26,35-38,41-42H,7-10,15-16,21-22H2,(H,43,47)(H,44,48)(H,45,51)(H,46,52)/t35-,36+,37?,38?. The van der Waals surface area contributed by atoms with Crippen molar-refractivity contribution in [3.05, 3.63) is 121 Å². The number of carbonyl (C=O) groups excluding carboxylic acids is 2. The van der Waals surface area contributed by atoms with Gasteiger partial charge in [-0.2, -0.15) is 10.2 Å². The van der Waals surface area contributed by atoms with Crippen molar-refractivity contribution in [3.63, 3.8) is 0 Å². The van der Waals surface area contributed by atoms with Crippen molar-refractivity contribution in [2.75, 3.05) is 23.7 Å². The fraction of sp³-hybridized carbons (Fsp3) is 0.300. The number of benzene rings is 4. The fourth-order valence-corrected chi connectivity index (χ4v) is 7.80. The van der Waals surface area contributed by atoms with Crippen molar-refractivity contribution in [2.24, 2.45) is 0 Å². The van der Waals surface area contributed by atoms with Gasteiger partial charge in [0.15, 0.2) is 0 Å². The average Bonchev–Trinajstić information content (AvgIpc) is 3.87. The molecule has 52 heavy (non-hydrogen) atoms. The number of urea groups is 2. The Labute approximate surface area is 302 Å². The lowest BCUT2D eigenvalue weighted by Crippen LogP contribution is -2.62. The van der Waals surface area contributed by atoms with E-state index >= 15 is 9.59 Å². The van der Waals surface area contributed by atoms with Gasteiger partial charge in [-0.1, -0.05) is 73.5 Å². The van der Waals surface area contributed by atoms with Gasteiger partial charge in [0.1, 0.15) is 0 Å². The van der Waals surface area contributed by atoms with Crippen LogP contribution in [0.1, 0.15) is 61.7 Å². The third kappa shape index (κ3) is 7.07. The Morgan fingerprint density at radius 1 is 0.596 bits per heavy atom. The van der Waals surface area contributed by atoms with Crippen molar-refractivity contribution in [1.82, 2.24) is 41.0 Å². The van der Waals surface area contributed by atoms with E-state index in [0.29, 0.717) is 11.4 Å². The van der Waals surface area contributed by atoms with Crippen LogP contribution in [0.4, 0.5) is 21.0 Å². The number of piperidine rings is 2. The number of hydrazine groups is 1. The van der Waals surface area contributed by atoms with E-state index in [9.17, 15) is 0 Å². The number of amides is 4. The van der Waals surface area contributed by atoms with Crippen LogP contribution in [-0.4, -0.2) is 67.6 Å². The lowest BCUT2D eigenvalue weighted by molar-refractivity contribution is -0.0340. The molecule has 2 aromatic heterocycles. The largest absolute Gasteiger partial charge is 0.341 e. The number of nitrogens with one attached hydrogen (secondary N) is 6. The maximum absolute atomic E-state index is 15.3. The first-order chi connectivity index (χ1) is 25.6. The fourth-order valence-electron chi connectivity index (χ4n) is 7.80. The number of hydrogen-bond acceptors (Lipinski definition) is 6. The number of rotatable bonds is 8. The minimum atomic E-state index is -0.531. The quantitative estimate of drug-likeness (QED) is 0.0910. The molecule has 12 heteroatoms. The van der Waals surface area contributed by atoms with Crippen LogP contribution >= 0.6 is 0 Å². The monoisotopic (exact) mass is 696 g/mol. The van der Waals surface area contributed by atoms with E-state index in [-0.39, 0.29) is 12.1 Å². The Balaban J connectivity index is 1.30. The summed E-state index contributed by atoms with van der Waals surface area (Å²) in [5.41, 5.74) is 4.81. The van der Waals surface area contributed by atoms with E-state index in [0.717, 1.165) is 84.5 Å². The highest BCUT2D eigenvalue weighted by molar-refractivity contribution is 5.97. The predicted octanol–water partition coefficient (Wildman–Crippen LogP) is 7.49. The van der Waals surface area contributed by atoms with Crippen molar-refractivity contribution in [2.45, 2.75) is 62.7 Å². The molecule has 12 nitrogen and oxygen atoms in total. The number of carbonyl (C=O) groups is 2. The highest BCUT2D eigenvalue weighted by Gasteiger charge is 2.45. The number of hydrogen-bond donors (Lipinski definition) is 6. The highest BCUT2D eigenvalue weighted by atomic mass is 16.2. The zero-order valence-corrected chi connectivity index (χ0v) is 29.0. The molecule has 0 aliphatic carbocycles. The molecule has 4 amide bonds. The van der Waals surface area contributed by atoms with Gasteiger partial charge in [0.25, 0.3) is 0 Å². The first-order valence-electron chi connectivity index (χ1n) is 18.3. The van der Waals surface area contributed by atoms with Gasteiger partial charge in [-0.05, 0) is 86.3 Å². The van der Waals surface area contributed by atoms with E-state index < -0.39 is 24.1 Å². The van der Waals surface area contributed by atoms with Crippen molar-refractivity contribution in [1.29, 1.82) is 0 Å². The molecule has 6 aromatic rings. The van der Waals surface area contributed by atoms with Crippen LogP contribution in [0.3, 0.4) is 0 Å². The summed E-state index contributed by atoms with van der Waals surface area (Å²) in [5.74, 6) is 0. The van der Waals surface area contributed by atoms with E-state index in [1.807, 2.05) is 72.8 Å². The molecule has 2 fully saturated rings. The Morgan fingerprint density at radius 2 is 1.04 bits per heavy atom. The molecule has 2 aliphatic heterocycles. The van der Waals surface area contributed by atoms with Crippen LogP contribution in [0, 0.1) is 0 Å². The van der Waals surface area contributed by atoms with Crippen molar-refractivity contribution < 1.29 is 9.59 Å². The molecule has 0 bridgehead atoms. The summed E-state index contributed by atoms with van der Waals surface area (Å²) in [5, 5.41) is 33.3. The highest BCUT2D eigenvalue weighted by Crippen LogP contribution is 2.38. The van der Waals surface area contributed by atoms with Gasteiger partial charge in [0.05, 0.1) is 35.5 Å². The Hall–Kier alpha value is -5.72. The summed E-state index contributed by atoms with van der Waals surface area (Å²) in [6.07, 6.45) is 9.27. The lowest BCUT2D eigenvalue weighted by atomic mass is 9.90. The molecule has 0 spiro atoms. The third-order valence-electron chi connectivity index (χ3n) is 10.3. The molecular weight excluding hydrogens is 653 g/mol. The minimum Gasteiger partial charge on any atom is -0.312 e. The number of nitrogens with zero attached hydrogens (tertiary/aromatic N) is 4. The molecule has 266 valence electrons. The topological polar surface area (TPSA) is 146 Å². The van der Waals surface area contributed by atoms with Gasteiger partial charge < -0.3 is 21.3 Å². The predicted molar refractivity (Wildman–Crippen MR) is 204 cm³/mol. The van der Waals surface area contributed by atoms with Crippen LogP contribution in [0.25, 0.3) is 21.8 Å². The Morgan fingerprint density at radius 3 is 1.44 bits per heavy atom. The lowest BCUT2D eigenvalue weighted by Gasteiger charge is -2.49. The van der Waals surface area contributed by atoms with Gasteiger partial charge in [-0.25, -0.2) is 19.6 Å². The first-order valence-corrected chi connectivity index (χ1v) is 18.3. The van der Waals surface area contributed by atoms with Gasteiger partial charge in [-0.3, -0.25) is 10.2 Å². The summed E-state index contributed by atoms with van der Waals surface area (Å²) in [7, 11) is 0. The van der Waals surface area contributed by atoms with Crippen LogP contribution in [0.15, 0.2) is 109 Å². The van der Waals surface area contributed by atoms with Gasteiger partial charge in [0, 0.05) is 34.2 Å². The van der Waals surface area contributed by atoms with Gasteiger partial charge in [0.2, 0.25) is 0 Å². The summed E-state index contributed by atoms with van der Waals surface area (Å²) in [4.78, 5) is 30.6. The molecule has 2 unspecified atom stereocenters. The molecule has 2 aliphatic rings. The summed E-state index contributed by atoms with van der Waals surface area (Å²) in [6.45, 7) is 1.65. The number of aromatic amines is 2. The van der Waals surface area contributed by atoms with E-state index in [4.69, 9.17) is 0 Å². The molecule has 4 heterocycles. The molecule has 4 aromatic carbocycles. The second kappa shape index (κ2) is 15.3. The molecule has 0 radical (unpaired) electrons.